The second-order valence-electron chi connectivity index (χ2n) is 5.59. The van der Waals surface area contributed by atoms with Gasteiger partial charge in [-0.3, -0.25) is 14.7 Å². The summed E-state index contributed by atoms with van der Waals surface area (Å²) in [6.45, 7) is 9.15. The van der Waals surface area contributed by atoms with Gasteiger partial charge >= 0.3 is 5.97 Å². The second-order valence-corrected chi connectivity index (χ2v) is 5.59. The average molecular weight is 428 g/mol. The summed E-state index contributed by atoms with van der Waals surface area (Å²) in [4.78, 5) is 17.6. The van der Waals surface area contributed by atoms with Crippen molar-refractivity contribution < 1.29 is 14.3 Å². The highest BCUT2D eigenvalue weighted by Gasteiger charge is 2.28. The van der Waals surface area contributed by atoms with Gasteiger partial charge in [-0.1, -0.05) is 0 Å². The molecule has 2 N–H and O–H groups in total. The fourth-order valence-electron chi connectivity index (χ4n) is 2.19. The van der Waals surface area contributed by atoms with Gasteiger partial charge in [0.1, 0.15) is 0 Å². The van der Waals surface area contributed by atoms with Crippen molar-refractivity contribution in [2.24, 2.45) is 4.99 Å². The molecule has 0 bridgehead atoms. The van der Waals surface area contributed by atoms with E-state index in [0.29, 0.717) is 18.9 Å². The van der Waals surface area contributed by atoms with E-state index in [9.17, 15) is 4.79 Å². The van der Waals surface area contributed by atoms with Crippen molar-refractivity contribution in [3.05, 3.63) is 0 Å². The molecule has 0 atom stereocenters. The number of nitrogens with one attached hydrogen (secondary N) is 2. The molecule has 22 heavy (non-hydrogen) atoms. The number of nitrogens with zero attached hydrogens (tertiary/aromatic N) is 2. The van der Waals surface area contributed by atoms with E-state index in [1.54, 1.807) is 7.05 Å². The van der Waals surface area contributed by atoms with Crippen molar-refractivity contribution in [1.29, 1.82) is 0 Å². The number of halogens is 1. The molecule has 0 radical (unpaired) electrons. The molecule has 0 unspecified atom stereocenters. The van der Waals surface area contributed by atoms with Crippen LogP contribution < -0.4 is 10.6 Å². The lowest BCUT2D eigenvalue weighted by molar-refractivity contribution is -0.140. The maximum atomic E-state index is 11.1. The van der Waals surface area contributed by atoms with E-state index in [1.807, 2.05) is 0 Å². The van der Waals surface area contributed by atoms with Gasteiger partial charge in [-0.15, -0.1) is 24.0 Å². The highest BCUT2D eigenvalue weighted by atomic mass is 127. The van der Waals surface area contributed by atoms with Gasteiger partial charge in [-0.2, -0.15) is 0 Å². The van der Waals surface area contributed by atoms with E-state index >= 15 is 0 Å². The molecule has 130 valence electrons. The summed E-state index contributed by atoms with van der Waals surface area (Å²) in [5.41, 5.74) is 0.0176. The minimum Gasteiger partial charge on any atom is -0.469 e. The summed E-state index contributed by atoms with van der Waals surface area (Å²) < 4.78 is 9.99. The molecule has 1 rings (SSSR count). The summed E-state index contributed by atoms with van der Waals surface area (Å²) in [6, 6.07) is 0. The minimum atomic E-state index is -0.230. The maximum Gasteiger partial charge on any atom is 0.307 e. The van der Waals surface area contributed by atoms with Gasteiger partial charge < -0.3 is 20.1 Å². The molecule has 1 heterocycles. The third kappa shape index (κ3) is 7.59. The predicted molar refractivity (Wildman–Crippen MR) is 97.9 cm³/mol. The van der Waals surface area contributed by atoms with Gasteiger partial charge in [0.25, 0.3) is 0 Å². The first-order chi connectivity index (χ1) is 9.99. The normalized spacial score (nSPS) is 16.6. The number of ether oxygens (including phenoxy) is 2. The number of guanidine groups is 1. The number of carbonyl (C=O) groups is 1. The summed E-state index contributed by atoms with van der Waals surface area (Å²) in [6.07, 6.45) is 0.323. The van der Waals surface area contributed by atoms with E-state index < -0.39 is 0 Å². The summed E-state index contributed by atoms with van der Waals surface area (Å²) in [5.74, 6) is 0.465. The van der Waals surface area contributed by atoms with Crippen molar-refractivity contribution in [3.63, 3.8) is 0 Å². The number of aliphatic imine (C=N–C) groups is 1. The van der Waals surface area contributed by atoms with Crippen LogP contribution in [0, 0.1) is 0 Å². The van der Waals surface area contributed by atoms with E-state index in [0.717, 1.165) is 32.8 Å². The number of esters is 1. The highest BCUT2D eigenvalue weighted by Crippen LogP contribution is 2.14. The van der Waals surface area contributed by atoms with Crippen LogP contribution in [0.15, 0.2) is 4.99 Å². The zero-order chi connectivity index (χ0) is 15.7. The van der Waals surface area contributed by atoms with Crippen molar-refractivity contribution in [3.8, 4) is 0 Å². The molecule has 7 nitrogen and oxygen atoms in total. The van der Waals surface area contributed by atoms with Gasteiger partial charge in [0, 0.05) is 38.8 Å². The van der Waals surface area contributed by atoms with E-state index in [2.05, 4.69) is 39.1 Å². The quantitative estimate of drug-likeness (QED) is 0.277. The monoisotopic (exact) mass is 428 g/mol. The van der Waals surface area contributed by atoms with E-state index in [1.165, 1.54) is 7.11 Å². The molecule has 0 spiro atoms. The van der Waals surface area contributed by atoms with Gasteiger partial charge in [0.15, 0.2) is 5.96 Å². The van der Waals surface area contributed by atoms with Crippen molar-refractivity contribution in [1.82, 2.24) is 15.5 Å². The summed E-state index contributed by atoms with van der Waals surface area (Å²) >= 11 is 0. The van der Waals surface area contributed by atoms with Crippen LogP contribution in [0.1, 0.15) is 20.3 Å². The van der Waals surface area contributed by atoms with Crippen LogP contribution in [0.3, 0.4) is 0 Å². The molecule has 0 saturated carbocycles. The Bertz CT molecular complexity index is 358. The van der Waals surface area contributed by atoms with Gasteiger partial charge in [0.2, 0.25) is 0 Å². The first-order valence-electron chi connectivity index (χ1n) is 7.33. The zero-order valence-corrected chi connectivity index (χ0v) is 16.3. The Balaban J connectivity index is 0.00000441. The molecule has 0 amide bonds. The molecular formula is C14H29IN4O3. The SMILES string of the molecule is CN=C(NCCC(=O)OC)NCC(C)(C)N1CCOCC1.I. The summed E-state index contributed by atoms with van der Waals surface area (Å²) in [7, 11) is 3.11. The molecule has 1 aliphatic rings. The van der Waals surface area contributed by atoms with Gasteiger partial charge in [-0.25, -0.2) is 0 Å². The number of hydrogen-bond donors (Lipinski definition) is 2. The van der Waals surface area contributed by atoms with Crippen LogP contribution in [-0.2, 0) is 14.3 Å². The minimum absolute atomic E-state index is 0. The third-order valence-corrected chi connectivity index (χ3v) is 3.63. The molecule has 0 aromatic rings. The lowest BCUT2D eigenvalue weighted by Crippen LogP contribution is -2.56. The topological polar surface area (TPSA) is 75.2 Å². The lowest BCUT2D eigenvalue weighted by atomic mass is 10.0. The molecule has 1 aliphatic heterocycles. The van der Waals surface area contributed by atoms with Crippen LogP contribution in [0.4, 0.5) is 0 Å². The fraction of sp³-hybridized carbons (Fsp3) is 0.857. The highest BCUT2D eigenvalue weighted by molar-refractivity contribution is 14.0. The Morgan fingerprint density at radius 3 is 2.50 bits per heavy atom. The number of carbonyl (C=O) groups excluding carboxylic acids is 1. The number of hydrogen-bond acceptors (Lipinski definition) is 5. The smallest absolute Gasteiger partial charge is 0.307 e. The molecule has 0 aromatic heterocycles. The van der Waals surface area contributed by atoms with E-state index in [-0.39, 0.29) is 35.5 Å². The third-order valence-electron chi connectivity index (χ3n) is 3.63. The molecule has 1 fully saturated rings. The zero-order valence-electron chi connectivity index (χ0n) is 14.0. The standard InChI is InChI=1S/C14H28N4O3.HI/c1-14(2,18-7-9-21-10-8-18)11-17-13(15-3)16-6-5-12(19)20-4;/h5-11H2,1-4H3,(H2,15,16,17);1H. The Labute approximate surface area is 150 Å². The average Bonchev–Trinajstić information content (AvgIpc) is 2.51. The predicted octanol–water partition coefficient (Wildman–Crippen LogP) is 0.443. The molecule has 0 aliphatic carbocycles. The van der Waals surface area contributed by atoms with Crippen LogP contribution in [-0.4, -0.2) is 75.9 Å². The Morgan fingerprint density at radius 2 is 1.95 bits per heavy atom. The summed E-state index contributed by atoms with van der Waals surface area (Å²) in [5, 5.41) is 6.41. The molecule has 1 saturated heterocycles. The van der Waals surface area contributed by atoms with E-state index in [4.69, 9.17) is 4.74 Å². The Hall–Kier alpha value is -0.610. The number of rotatable bonds is 6. The molecule has 8 heteroatoms. The Morgan fingerprint density at radius 1 is 1.32 bits per heavy atom. The second kappa shape index (κ2) is 11.0. The van der Waals surface area contributed by atoms with Crippen molar-refractivity contribution >= 4 is 35.9 Å². The van der Waals surface area contributed by atoms with Crippen molar-refractivity contribution in [2.45, 2.75) is 25.8 Å². The van der Waals surface area contributed by atoms with Gasteiger partial charge in [0.05, 0.1) is 26.7 Å². The number of morpholine rings is 1. The van der Waals surface area contributed by atoms with Crippen molar-refractivity contribution in [2.75, 3.05) is 53.6 Å². The number of methoxy groups -OCH3 is 1. The largest absolute Gasteiger partial charge is 0.469 e. The molecular weight excluding hydrogens is 399 g/mol. The molecule has 0 aromatic carbocycles. The van der Waals surface area contributed by atoms with Crippen LogP contribution in [0.25, 0.3) is 0 Å². The Kier molecular flexibility index (Phi) is 10.7. The first kappa shape index (κ1) is 21.4. The van der Waals surface area contributed by atoms with Crippen LogP contribution in [0.5, 0.6) is 0 Å². The first-order valence-corrected chi connectivity index (χ1v) is 7.33. The van der Waals surface area contributed by atoms with Crippen LogP contribution in [0.2, 0.25) is 0 Å². The maximum absolute atomic E-state index is 11.1. The van der Waals surface area contributed by atoms with Crippen LogP contribution >= 0.6 is 24.0 Å². The van der Waals surface area contributed by atoms with Gasteiger partial charge in [-0.05, 0) is 13.8 Å². The fourth-order valence-corrected chi connectivity index (χ4v) is 2.19. The lowest BCUT2D eigenvalue weighted by Gasteiger charge is -2.41.